The van der Waals surface area contributed by atoms with E-state index in [4.69, 9.17) is 5.73 Å². The molecule has 0 atom stereocenters. The number of nitrogens with one attached hydrogen (secondary N) is 1. The summed E-state index contributed by atoms with van der Waals surface area (Å²) < 4.78 is 1.14. The van der Waals surface area contributed by atoms with E-state index >= 15 is 0 Å². The van der Waals surface area contributed by atoms with Crippen LogP contribution in [0.3, 0.4) is 0 Å². The fourth-order valence-corrected chi connectivity index (χ4v) is 1.21. The van der Waals surface area contributed by atoms with Gasteiger partial charge in [0.05, 0.1) is 0 Å². The van der Waals surface area contributed by atoms with Gasteiger partial charge in [0.25, 0.3) is 5.56 Å². The maximum absolute atomic E-state index is 11.5. The Morgan fingerprint density at radius 3 is 2.64 bits per heavy atom. The molecule has 1 aromatic heterocycles. The number of nitrogens with two attached hydrogens (primary N) is 1. The Morgan fingerprint density at radius 2 is 2.07 bits per heavy atom. The summed E-state index contributed by atoms with van der Waals surface area (Å²) in [4.78, 5) is 25.4. The van der Waals surface area contributed by atoms with Gasteiger partial charge in [0.1, 0.15) is 5.69 Å². The summed E-state index contributed by atoms with van der Waals surface area (Å²) in [6.07, 6.45) is 1.73. The van der Waals surface area contributed by atoms with Gasteiger partial charge < -0.3 is 10.7 Å². The number of aryl methyl sites for hydroxylation is 1. The highest BCUT2D eigenvalue weighted by atomic mass is 16.2. The van der Waals surface area contributed by atoms with E-state index in [2.05, 4.69) is 4.98 Å². The van der Waals surface area contributed by atoms with Gasteiger partial charge in [-0.2, -0.15) is 0 Å². The van der Waals surface area contributed by atoms with Crippen molar-refractivity contribution < 1.29 is 0 Å². The molecule has 0 aliphatic carbocycles. The number of aromatic nitrogens is 2. The second-order valence-electron chi connectivity index (χ2n) is 3.28. The number of unbranched alkanes of at least 4 members (excludes halogenated alkanes) is 1. The number of hydrogen-bond donors (Lipinski definition) is 2. The third-order valence-electron chi connectivity index (χ3n) is 2.15. The number of anilines is 1. The van der Waals surface area contributed by atoms with Crippen molar-refractivity contribution in [2.75, 3.05) is 5.73 Å². The summed E-state index contributed by atoms with van der Waals surface area (Å²) in [5, 5.41) is 0. The van der Waals surface area contributed by atoms with Crippen molar-refractivity contribution in [3.63, 3.8) is 0 Å². The Balaban J connectivity index is 3.23. The summed E-state index contributed by atoms with van der Waals surface area (Å²) >= 11 is 0. The summed E-state index contributed by atoms with van der Waals surface area (Å²) in [5.74, 6) is 0. The average molecular weight is 197 g/mol. The maximum atomic E-state index is 11.5. The molecule has 1 aromatic rings. The van der Waals surface area contributed by atoms with Crippen LogP contribution in [0, 0.1) is 6.92 Å². The summed E-state index contributed by atoms with van der Waals surface area (Å²) in [6.45, 7) is 4.04. The molecule has 78 valence electrons. The van der Waals surface area contributed by atoms with Crippen LogP contribution in [0.25, 0.3) is 0 Å². The average Bonchev–Trinajstić information content (AvgIpc) is 2.14. The molecule has 0 saturated heterocycles. The molecular weight excluding hydrogens is 182 g/mol. The smallest absolute Gasteiger partial charge is 0.328 e. The maximum Gasteiger partial charge on any atom is 0.328 e. The first-order chi connectivity index (χ1) is 6.57. The van der Waals surface area contributed by atoms with Gasteiger partial charge in [-0.15, -0.1) is 0 Å². The fraction of sp³-hybridized carbons (Fsp3) is 0.556. The van der Waals surface area contributed by atoms with Crippen LogP contribution in [0.5, 0.6) is 0 Å². The highest BCUT2D eigenvalue weighted by Gasteiger charge is 2.06. The molecule has 0 aliphatic heterocycles. The van der Waals surface area contributed by atoms with Crippen molar-refractivity contribution in [2.45, 2.75) is 33.2 Å². The molecule has 0 spiro atoms. The number of aromatic amines is 1. The van der Waals surface area contributed by atoms with Gasteiger partial charge in [0.15, 0.2) is 0 Å². The molecule has 5 heteroatoms. The highest BCUT2D eigenvalue weighted by Crippen LogP contribution is 1.96. The predicted octanol–water partition coefficient (Wildman–Crippen LogP) is 0.227. The zero-order chi connectivity index (χ0) is 10.7. The van der Waals surface area contributed by atoms with Gasteiger partial charge in [0.2, 0.25) is 0 Å². The quantitative estimate of drug-likeness (QED) is 0.727. The first-order valence-electron chi connectivity index (χ1n) is 4.67. The van der Waals surface area contributed by atoms with Crippen LogP contribution in [0.1, 0.15) is 25.5 Å². The lowest BCUT2D eigenvalue weighted by atomic mass is 10.3. The lowest BCUT2D eigenvalue weighted by molar-refractivity contribution is 0.582. The summed E-state index contributed by atoms with van der Waals surface area (Å²) in [7, 11) is 0. The first kappa shape index (κ1) is 10.6. The molecule has 3 N–H and O–H groups in total. The van der Waals surface area contributed by atoms with Crippen LogP contribution in [0.15, 0.2) is 9.59 Å². The van der Waals surface area contributed by atoms with Crippen LogP contribution in [-0.2, 0) is 6.54 Å². The molecule has 1 rings (SSSR count). The molecule has 0 bridgehead atoms. The van der Waals surface area contributed by atoms with Crippen LogP contribution in [-0.4, -0.2) is 9.55 Å². The first-order valence-corrected chi connectivity index (χ1v) is 4.67. The van der Waals surface area contributed by atoms with E-state index < -0.39 is 0 Å². The third kappa shape index (κ3) is 1.86. The van der Waals surface area contributed by atoms with Crippen LogP contribution >= 0.6 is 0 Å². The summed E-state index contributed by atoms with van der Waals surface area (Å²) in [6, 6.07) is 0. The number of nitrogens with zero attached hydrogens (tertiary/aromatic N) is 1. The van der Waals surface area contributed by atoms with Crippen molar-refractivity contribution in [3.8, 4) is 0 Å². The molecule has 14 heavy (non-hydrogen) atoms. The van der Waals surface area contributed by atoms with Crippen molar-refractivity contribution in [1.82, 2.24) is 9.55 Å². The third-order valence-corrected chi connectivity index (χ3v) is 2.15. The molecular formula is C9H15N3O2. The zero-order valence-corrected chi connectivity index (χ0v) is 8.46. The van der Waals surface area contributed by atoms with Crippen LogP contribution in [0.4, 0.5) is 5.69 Å². The fourth-order valence-electron chi connectivity index (χ4n) is 1.21. The monoisotopic (exact) mass is 197 g/mol. The summed E-state index contributed by atoms with van der Waals surface area (Å²) in [5.41, 5.74) is 5.31. The minimum absolute atomic E-state index is 0.126. The van der Waals surface area contributed by atoms with Gasteiger partial charge in [-0.1, -0.05) is 13.3 Å². The second-order valence-corrected chi connectivity index (χ2v) is 3.28. The topological polar surface area (TPSA) is 80.9 Å². The van der Waals surface area contributed by atoms with E-state index in [0.29, 0.717) is 12.2 Å². The van der Waals surface area contributed by atoms with Gasteiger partial charge >= 0.3 is 5.69 Å². The van der Waals surface area contributed by atoms with E-state index in [1.54, 1.807) is 6.92 Å². The van der Waals surface area contributed by atoms with Crippen molar-refractivity contribution in [1.29, 1.82) is 0 Å². The molecule has 1 heterocycles. The molecule has 0 aromatic carbocycles. The minimum Gasteiger partial charge on any atom is -0.393 e. The van der Waals surface area contributed by atoms with E-state index in [9.17, 15) is 9.59 Å². The second kappa shape index (κ2) is 4.13. The molecule has 0 aliphatic rings. The van der Waals surface area contributed by atoms with Gasteiger partial charge in [-0.25, -0.2) is 4.79 Å². The molecule has 0 radical (unpaired) electrons. The number of H-pyrrole nitrogens is 1. The van der Waals surface area contributed by atoms with E-state index in [1.165, 1.54) is 0 Å². The Hall–Kier alpha value is -1.52. The predicted molar refractivity (Wildman–Crippen MR) is 55.4 cm³/mol. The molecule has 5 nitrogen and oxygen atoms in total. The van der Waals surface area contributed by atoms with Crippen molar-refractivity contribution in [2.24, 2.45) is 0 Å². The Labute approximate surface area is 81.6 Å². The number of hydrogen-bond acceptors (Lipinski definition) is 3. The highest BCUT2D eigenvalue weighted by molar-refractivity contribution is 5.38. The van der Waals surface area contributed by atoms with Gasteiger partial charge in [0, 0.05) is 12.2 Å². The normalized spacial score (nSPS) is 10.4. The Kier molecular flexibility index (Phi) is 3.11. The lowest BCUT2D eigenvalue weighted by Gasteiger charge is -2.05. The minimum atomic E-state index is -0.389. The molecule has 0 amide bonds. The standard InChI is InChI=1S/C9H15N3O2/c1-3-4-5-12-8(13)7(10)6(2)11-9(12)14/h3-5,10H2,1-2H3,(H,11,14). The Bertz CT molecular complexity index is 431. The lowest BCUT2D eigenvalue weighted by Crippen LogP contribution is -2.37. The number of rotatable bonds is 3. The number of nitrogen functional groups attached to an aromatic ring is 1. The van der Waals surface area contributed by atoms with E-state index in [0.717, 1.165) is 17.4 Å². The van der Waals surface area contributed by atoms with Crippen LogP contribution in [0.2, 0.25) is 0 Å². The molecule has 0 fully saturated rings. The largest absolute Gasteiger partial charge is 0.393 e. The van der Waals surface area contributed by atoms with Crippen LogP contribution < -0.4 is 17.0 Å². The van der Waals surface area contributed by atoms with E-state index in [1.807, 2.05) is 6.92 Å². The van der Waals surface area contributed by atoms with Crippen molar-refractivity contribution in [3.05, 3.63) is 26.5 Å². The van der Waals surface area contributed by atoms with E-state index in [-0.39, 0.29) is 16.9 Å². The molecule has 0 unspecified atom stereocenters. The molecule has 0 saturated carbocycles. The Morgan fingerprint density at radius 1 is 1.43 bits per heavy atom. The van der Waals surface area contributed by atoms with Gasteiger partial charge in [-0.3, -0.25) is 9.36 Å². The van der Waals surface area contributed by atoms with Crippen molar-refractivity contribution >= 4 is 5.69 Å². The van der Waals surface area contributed by atoms with Gasteiger partial charge in [-0.05, 0) is 13.3 Å². The SMILES string of the molecule is CCCCn1c(=O)[nH]c(C)c(N)c1=O. The zero-order valence-electron chi connectivity index (χ0n) is 8.46.